The molecule has 25 heavy (non-hydrogen) atoms. The number of carbonyl (C=O) groups excluding carboxylic acids is 1. The lowest BCUT2D eigenvalue weighted by atomic mass is 10.1. The van der Waals surface area contributed by atoms with E-state index in [0.29, 0.717) is 17.7 Å². The van der Waals surface area contributed by atoms with Crippen LogP contribution in [0.4, 0.5) is 5.69 Å². The van der Waals surface area contributed by atoms with E-state index in [-0.39, 0.29) is 29.0 Å². The van der Waals surface area contributed by atoms with Crippen LogP contribution in [0.25, 0.3) is 11.3 Å². The number of nitro groups is 1. The largest absolute Gasteiger partial charge is 0.451 e. The molecule has 0 aliphatic carbocycles. The molecule has 1 aromatic heterocycles. The molecule has 1 aliphatic heterocycles. The predicted molar refractivity (Wildman–Crippen MR) is 90.0 cm³/mol. The molecule has 1 fully saturated rings. The Morgan fingerprint density at radius 1 is 1.32 bits per heavy atom. The molecule has 1 aliphatic rings. The maximum absolute atomic E-state index is 12.5. The molecule has 3 rings (SSSR count). The third-order valence-corrected chi connectivity index (χ3v) is 5.99. The number of rotatable bonds is 4. The molecule has 2 heterocycles. The van der Waals surface area contributed by atoms with E-state index < -0.39 is 20.7 Å². The van der Waals surface area contributed by atoms with Gasteiger partial charge >= 0.3 is 0 Å². The Bertz CT molecular complexity index is 934. The SMILES string of the molecule is CN(C(=O)c1ccc(-c2cccc([N+](=O)[O-])c2)o1)C1CCS(=O)(=O)C1. The first-order chi connectivity index (χ1) is 11.8. The predicted octanol–water partition coefficient (Wildman–Crippen LogP) is 2.11. The quantitative estimate of drug-likeness (QED) is 0.607. The summed E-state index contributed by atoms with van der Waals surface area (Å²) in [4.78, 5) is 24.2. The molecule has 0 radical (unpaired) electrons. The van der Waals surface area contributed by atoms with E-state index in [4.69, 9.17) is 4.42 Å². The molecule has 1 unspecified atom stereocenters. The van der Waals surface area contributed by atoms with Crippen molar-refractivity contribution in [1.82, 2.24) is 4.90 Å². The summed E-state index contributed by atoms with van der Waals surface area (Å²) in [6, 6.07) is 8.58. The number of non-ortho nitro benzene ring substituents is 1. The van der Waals surface area contributed by atoms with E-state index in [9.17, 15) is 23.3 Å². The van der Waals surface area contributed by atoms with Crippen LogP contribution >= 0.6 is 0 Å². The van der Waals surface area contributed by atoms with Gasteiger partial charge in [-0.1, -0.05) is 12.1 Å². The minimum atomic E-state index is -3.10. The van der Waals surface area contributed by atoms with E-state index in [0.717, 1.165) is 0 Å². The number of amides is 1. The minimum absolute atomic E-state index is 0.0479. The van der Waals surface area contributed by atoms with E-state index in [2.05, 4.69) is 0 Å². The highest BCUT2D eigenvalue weighted by Gasteiger charge is 2.33. The fourth-order valence-corrected chi connectivity index (χ4v) is 4.58. The second-order valence-corrected chi connectivity index (χ2v) is 8.17. The maximum atomic E-state index is 12.5. The molecule has 0 bridgehead atoms. The van der Waals surface area contributed by atoms with Crippen LogP contribution in [-0.4, -0.2) is 48.7 Å². The Balaban J connectivity index is 1.80. The Morgan fingerprint density at radius 3 is 2.72 bits per heavy atom. The molecule has 1 amide bonds. The lowest BCUT2D eigenvalue weighted by Gasteiger charge is -2.22. The number of nitro benzene ring substituents is 1. The summed E-state index contributed by atoms with van der Waals surface area (Å²) in [5.74, 6) is 0.00615. The Morgan fingerprint density at radius 2 is 2.08 bits per heavy atom. The summed E-state index contributed by atoms with van der Waals surface area (Å²) in [5.41, 5.74) is 0.411. The third-order valence-electron chi connectivity index (χ3n) is 4.23. The van der Waals surface area contributed by atoms with Crippen LogP contribution in [0.3, 0.4) is 0 Å². The number of hydrogen-bond acceptors (Lipinski definition) is 6. The standard InChI is InChI=1S/C16H16N2O6S/c1-17(13-7-8-25(22,23)10-13)16(19)15-6-5-14(24-15)11-3-2-4-12(9-11)18(20)21/h2-6,9,13H,7-8,10H2,1H3. The summed E-state index contributed by atoms with van der Waals surface area (Å²) >= 11 is 0. The van der Waals surface area contributed by atoms with Crippen molar-refractivity contribution in [3.05, 3.63) is 52.3 Å². The second-order valence-electron chi connectivity index (χ2n) is 5.94. The van der Waals surface area contributed by atoms with E-state index >= 15 is 0 Å². The van der Waals surface area contributed by atoms with Crippen molar-refractivity contribution in [3.63, 3.8) is 0 Å². The number of carbonyl (C=O) groups is 1. The molecule has 1 aromatic carbocycles. The van der Waals surface area contributed by atoms with Crippen molar-refractivity contribution in [1.29, 1.82) is 0 Å². The first kappa shape index (κ1) is 17.2. The zero-order chi connectivity index (χ0) is 18.2. The van der Waals surface area contributed by atoms with Gasteiger partial charge < -0.3 is 9.32 Å². The normalized spacial score (nSPS) is 18.8. The average molecular weight is 364 g/mol. The van der Waals surface area contributed by atoms with Gasteiger partial charge in [0.1, 0.15) is 5.76 Å². The second kappa shape index (κ2) is 6.32. The van der Waals surface area contributed by atoms with Gasteiger partial charge in [-0.3, -0.25) is 14.9 Å². The highest BCUT2D eigenvalue weighted by molar-refractivity contribution is 7.91. The minimum Gasteiger partial charge on any atom is -0.451 e. The highest BCUT2D eigenvalue weighted by Crippen LogP contribution is 2.27. The molecule has 8 nitrogen and oxygen atoms in total. The molecule has 9 heteroatoms. The number of nitrogens with zero attached hydrogens (tertiary/aromatic N) is 2. The van der Waals surface area contributed by atoms with Crippen molar-refractivity contribution in [2.75, 3.05) is 18.6 Å². The lowest BCUT2D eigenvalue weighted by Crippen LogP contribution is -2.37. The zero-order valence-corrected chi connectivity index (χ0v) is 14.2. The summed E-state index contributed by atoms with van der Waals surface area (Å²) in [7, 11) is -1.55. The number of hydrogen-bond donors (Lipinski definition) is 0. The molecular formula is C16H16N2O6S. The van der Waals surface area contributed by atoms with Crippen LogP contribution < -0.4 is 0 Å². The van der Waals surface area contributed by atoms with E-state index in [1.165, 1.54) is 29.2 Å². The lowest BCUT2D eigenvalue weighted by molar-refractivity contribution is -0.384. The van der Waals surface area contributed by atoms with Crippen LogP contribution in [0.2, 0.25) is 0 Å². The van der Waals surface area contributed by atoms with Gasteiger partial charge in [0, 0.05) is 30.8 Å². The molecule has 0 saturated carbocycles. The van der Waals surface area contributed by atoms with Crippen LogP contribution in [0.5, 0.6) is 0 Å². The van der Waals surface area contributed by atoms with Gasteiger partial charge in [0.25, 0.3) is 11.6 Å². The summed E-state index contributed by atoms with van der Waals surface area (Å²) in [5, 5.41) is 10.9. The number of furan rings is 1. The Hall–Kier alpha value is -2.68. The third kappa shape index (κ3) is 3.55. The average Bonchev–Trinajstić information content (AvgIpc) is 3.20. The monoisotopic (exact) mass is 364 g/mol. The van der Waals surface area contributed by atoms with Crippen molar-refractivity contribution in [3.8, 4) is 11.3 Å². The summed E-state index contributed by atoms with van der Waals surface area (Å²) in [6.07, 6.45) is 0.406. The molecular weight excluding hydrogens is 348 g/mol. The van der Waals surface area contributed by atoms with Gasteiger partial charge in [0.15, 0.2) is 15.6 Å². The first-order valence-corrected chi connectivity index (χ1v) is 9.41. The van der Waals surface area contributed by atoms with Gasteiger partial charge in [-0.25, -0.2) is 8.42 Å². The van der Waals surface area contributed by atoms with Gasteiger partial charge in [-0.2, -0.15) is 0 Å². The van der Waals surface area contributed by atoms with Crippen molar-refractivity contribution in [2.24, 2.45) is 0 Å². The highest BCUT2D eigenvalue weighted by atomic mass is 32.2. The smallest absolute Gasteiger partial charge is 0.289 e. The first-order valence-electron chi connectivity index (χ1n) is 7.59. The molecule has 132 valence electrons. The molecule has 0 spiro atoms. The van der Waals surface area contributed by atoms with Gasteiger partial charge in [0.05, 0.1) is 16.4 Å². The van der Waals surface area contributed by atoms with E-state index in [1.807, 2.05) is 0 Å². The molecule has 2 aromatic rings. The van der Waals surface area contributed by atoms with Gasteiger partial charge in [-0.15, -0.1) is 0 Å². The number of benzene rings is 1. The summed E-state index contributed by atoms with van der Waals surface area (Å²) in [6.45, 7) is 0. The van der Waals surface area contributed by atoms with Crippen molar-refractivity contribution < 1.29 is 22.6 Å². The Labute approximate surface area is 144 Å². The molecule has 1 saturated heterocycles. The van der Waals surface area contributed by atoms with Crippen LogP contribution in [-0.2, 0) is 9.84 Å². The van der Waals surface area contributed by atoms with Crippen LogP contribution in [0.1, 0.15) is 17.0 Å². The fraction of sp³-hybridized carbons (Fsp3) is 0.312. The van der Waals surface area contributed by atoms with Gasteiger partial charge in [-0.05, 0) is 18.6 Å². The number of sulfone groups is 1. The molecule has 0 N–H and O–H groups in total. The topological polar surface area (TPSA) is 111 Å². The summed E-state index contributed by atoms with van der Waals surface area (Å²) < 4.78 is 28.7. The molecule has 1 atom stereocenters. The van der Waals surface area contributed by atoms with E-state index in [1.54, 1.807) is 19.2 Å². The van der Waals surface area contributed by atoms with Crippen LogP contribution in [0, 0.1) is 10.1 Å². The fourth-order valence-electron chi connectivity index (χ4n) is 2.80. The van der Waals surface area contributed by atoms with Crippen molar-refractivity contribution in [2.45, 2.75) is 12.5 Å². The van der Waals surface area contributed by atoms with Crippen molar-refractivity contribution >= 4 is 21.4 Å². The maximum Gasteiger partial charge on any atom is 0.289 e. The zero-order valence-electron chi connectivity index (χ0n) is 13.4. The van der Waals surface area contributed by atoms with Crippen LogP contribution in [0.15, 0.2) is 40.8 Å². The Kier molecular flexibility index (Phi) is 4.34. The van der Waals surface area contributed by atoms with Gasteiger partial charge in [0.2, 0.25) is 0 Å².